The molecule has 220 valence electrons. The highest BCUT2D eigenvalue weighted by Crippen LogP contribution is 2.33. The third-order valence-corrected chi connectivity index (χ3v) is 5.99. The molecule has 3 heterocycles. The molecule has 0 N–H and O–H groups in total. The summed E-state index contributed by atoms with van der Waals surface area (Å²) in [6.07, 6.45) is 7.04. The van der Waals surface area contributed by atoms with Crippen LogP contribution in [0.5, 0.6) is 11.5 Å². The first-order valence-corrected chi connectivity index (χ1v) is 13.7. The van der Waals surface area contributed by atoms with Crippen LogP contribution in [0, 0.1) is 11.8 Å². The van der Waals surface area contributed by atoms with Crippen LogP contribution in [0.1, 0.15) is 115 Å². The molecular weight excluding hydrogens is 460 g/mol. The Kier molecular flexibility index (Phi) is 23.9. The van der Waals surface area contributed by atoms with Crippen LogP contribution in [0.4, 0.5) is 0 Å². The van der Waals surface area contributed by atoms with Crippen molar-refractivity contribution < 1.29 is 14.3 Å². The van der Waals surface area contributed by atoms with Gasteiger partial charge in [0.15, 0.2) is 11.5 Å². The van der Waals surface area contributed by atoms with Crippen molar-refractivity contribution in [3.05, 3.63) is 23.8 Å². The highest BCUT2D eigenvalue weighted by atomic mass is 16.7. The minimum Gasteiger partial charge on any atom is -0.454 e. The van der Waals surface area contributed by atoms with Gasteiger partial charge in [-0.05, 0) is 88.6 Å². The Morgan fingerprint density at radius 1 is 0.784 bits per heavy atom. The fourth-order valence-corrected chi connectivity index (χ4v) is 4.24. The van der Waals surface area contributed by atoms with Crippen LogP contribution in [-0.2, 0) is 11.2 Å². The number of hydrogen-bond donors (Lipinski definition) is 0. The summed E-state index contributed by atoms with van der Waals surface area (Å²) < 4.78 is 10.5. The van der Waals surface area contributed by atoms with Crippen LogP contribution in [0.15, 0.2) is 18.2 Å². The van der Waals surface area contributed by atoms with Crippen molar-refractivity contribution in [2.75, 3.05) is 33.0 Å². The van der Waals surface area contributed by atoms with Gasteiger partial charge in [-0.15, -0.1) is 0 Å². The van der Waals surface area contributed by atoms with Gasteiger partial charge in [-0.3, -0.25) is 4.79 Å². The molecule has 0 unspecified atom stereocenters. The minimum atomic E-state index is 0. The van der Waals surface area contributed by atoms with Crippen molar-refractivity contribution >= 4 is 5.91 Å². The second-order valence-corrected chi connectivity index (χ2v) is 10.3. The summed E-state index contributed by atoms with van der Waals surface area (Å²) in [6, 6.07) is 6.94. The lowest BCUT2D eigenvalue weighted by Crippen LogP contribution is -2.28. The van der Waals surface area contributed by atoms with E-state index >= 15 is 0 Å². The number of fused-ring (bicyclic) bond motifs is 1. The summed E-state index contributed by atoms with van der Waals surface area (Å²) in [5.41, 5.74) is 1.32. The molecule has 5 heteroatoms. The lowest BCUT2D eigenvalue weighted by molar-refractivity contribution is -0.130. The predicted molar refractivity (Wildman–Crippen MR) is 164 cm³/mol. The monoisotopic (exact) mass is 524 g/mol. The van der Waals surface area contributed by atoms with Crippen LogP contribution < -0.4 is 9.47 Å². The van der Waals surface area contributed by atoms with Crippen molar-refractivity contribution in [2.45, 2.75) is 122 Å². The summed E-state index contributed by atoms with van der Waals surface area (Å²) in [5, 5.41) is 0. The summed E-state index contributed by atoms with van der Waals surface area (Å²) in [6.45, 7) is 22.2. The Hall–Kier alpha value is -1.75. The molecule has 0 aromatic heterocycles. The summed E-state index contributed by atoms with van der Waals surface area (Å²) >= 11 is 0. The van der Waals surface area contributed by atoms with Crippen LogP contribution in [0.3, 0.4) is 0 Å². The number of hydrogen-bond acceptors (Lipinski definition) is 4. The van der Waals surface area contributed by atoms with Gasteiger partial charge in [0, 0.05) is 25.6 Å². The topological polar surface area (TPSA) is 42.0 Å². The van der Waals surface area contributed by atoms with E-state index in [1.165, 1.54) is 44.3 Å². The normalized spacial score (nSPS) is 15.3. The van der Waals surface area contributed by atoms with Gasteiger partial charge in [-0.1, -0.05) is 69.9 Å². The summed E-state index contributed by atoms with van der Waals surface area (Å²) in [7, 11) is 0. The average molecular weight is 525 g/mol. The maximum absolute atomic E-state index is 11.4. The average Bonchev–Trinajstić information content (AvgIpc) is 3.57. The Balaban J connectivity index is -0.000000446. The number of nitrogens with zero attached hydrogens (tertiary/aromatic N) is 2. The van der Waals surface area contributed by atoms with Crippen molar-refractivity contribution in [1.29, 1.82) is 0 Å². The fourth-order valence-electron chi connectivity index (χ4n) is 4.24. The van der Waals surface area contributed by atoms with Crippen molar-refractivity contribution in [2.24, 2.45) is 11.8 Å². The first-order valence-electron chi connectivity index (χ1n) is 13.7. The van der Waals surface area contributed by atoms with Gasteiger partial charge in [-0.25, -0.2) is 0 Å². The molecule has 0 aliphatic carbocycles. The smallest absolute Gasteiger partial charge is 0.231 e. The van der Waals surface area contributed by atoms with Crippen molar-refractivity contribution in [3.63, 3.8) is 0 Å². The Bertz CT molecular complexity index is 677. The molecule has 2 saturated heterocycles. The predicted octanol–water partition coefficient (Wildman–Crippen LogP) is 8.69. The van der Waals surface area contributed by atoms with Crippen LogP contribution >= 0.6 is 0 Å². The van der Waals surface area contributed by atoms with Gasteiger partial charge < -0.3 is 19.3 Å². The molecule has 0 spiro atoms. The number of carbonyl (C=O) groups excluding carboxylic acids is 1. The standard InChI is InChI=1S/C11H14O2.C9H17NO.C7H15N.C2H6.3CH4/c1-8(2)5-9-3-4-10-11(6-9)13-7-12-10;1-8(2)7-9(11)10-5-3-4-6-10;1-7(2)8-5-3-4-6-8;1-2;;;/h3-4,6,8H,5,7H2,1-2H3;8H,3-7H2,1-2H3;7H,3-6H2,1-2H3;1-2H3;3*1H4. The van der Waals surface area contributed by atoms with E-state index in [1.54, 1.807) is 0 Å². The van der Waals surface area contributed by atoms with Gasteiger partial charge in [-0.2, -0.15) is 0 Å². The van der Waals surface area contributed by atoms with E-state index in [9.17, 15) is 4.79 Å². The van der Waals surface area contributed by atoms with E-state index in [-0.39, 0.29) is 22.3 Å². The zero-order valence-electron chi connectivity index (χ0n) is 23.4. The second kappa shape index (κ2) is 22.3. The van der Waals surface area contributed by atoms with Crippen LogP contribution in [-0.4, -0.2) is 54.7 Å². The van der Waals surface area contributed by atoms with Gasteiger partial charge >= 0.3 is 0 Å². The van der Waals surface area contributed by atoms with Gasteiger partial charge in [0.2, 0.25) is 12.7 Å². The van der Waals surface area contributed by atoms with Crippen molar-refractivity contribution in [1.82, 2.24) is 9.80 Å². The Morgan fingerprint density at radius 3 is 1.76 bits per heavy atom. The van der Waals surface area contributed by atoms with Gasteiger partial charge in [0.05, 0.1) is 0 Å². The molecule has 0 radical (unpaired) electrons. The third kappa shape index (κ3) is 16.0. The highest BCUT2D eigenvalue weighted by Gasteiger charge is 2.18. The summed E-state index contributed by atoms with van der Waals surface area (Å²) in [5.74, 6) is 3.28. The van der Waals surface area contributed by atoms with E-state index in [0.717, 1.165) is 43.5 Å². The quantitative estimate of drug-likeness (QED) is 0.386. The number of carbonyl (C=O) groups is 1. The van der Waals surface area contributed by atoms with E-state index in [2.05, 4.69) is 58.6 Å². The molecule has 5 nitrogen and oxygen atoms in total. The Labute approximate surface area is 232 Å². The molecule has 3 aliphatic heterocycles. The van der Waals surface area contributed by atoms with E-state index in [1.807, 2.05) is 24.8 Å². The van der Waals surface area contributed by atoms with Crippen LogP contribution in [0.25, 0.3) is 0 Å². The molecule has 3 aliphatic rings. The molecule has 1 aromatic rings. The molecule has 1 amide bonds. The molecular formula is C32H64N2O3. The van der Waals surface area contributed by atoms with Gasteiger partial charge in [0.25, 0.3) is 0 Å². The minimum absolute atomic E-state index is 0. The number of likely N-dealkylation sites (tertiary alicyclic amines) is 2. The second-order valence-electron chi connectivity index (χ2n) is 10.3. The SMILES string of the molecule is C.C.C.CC.CC(C)CC(=O)N1CCCC1.CC(C)Cc1ccc2c(c1)OCO2.CC(C)N1CCCC1. The molecule has 0 bridgehead atoms. The third-order valence-electron chi connectivity index (χ3n) is 5.99. The summed E-state index contributed by atoms with van der Waals surface area (Å²) in [4.78, 5) is 15.9. The molecule has 37 heavy (non-hydrogen) atoms. The molecule has 2 fully saturated rings. The number of ether oxygens (including phenoxy) is 2. The Morgan fingerprint density at radius 2 is 1.30 bits per heavy atom. The first kappa shape index (κ1) is 39.8. The molecule has 0 saturated carbocycles. The zero-order chi connectivity index (χ0) is 25.5. The molecule has 0 atom stereocenters. The maximum Gasteiger partial charge on any atom is 0.231 e. The van der Waals surface area contributed by atoms with Crippen LogP contribution in [0.2, 0.25) is 0 Å². The number of amides is 1. The molecule has 1 aromatic carbocycles. The van der Waals surface area contributed by atoms with E-state index < -0.39 is 0 Å². The van der Waals surface area contributed by atoms with E-state index in [4.69, 9.17) is 9.47 Å². The zero-order valence-corrected chi connectivity index (χ0v) is 23.4. The van der Waals surface area contributed by atoms with Crippen molar-refractivity contribution in [3.8, 4) is 11.5 Å². The highest BCUT2D eigenvalue weighted by molar-refractivity contribution is 5.76. The van der Waals surface area contributed by atoms with E-state index in [0.29, 0.717) is 24.5 Å². The largest absolute Gasteiger partial charge is 0.454 e. The fraction of sp³-hybridized carbons (Fsp3) is 0.781. The maximum atomic E-state index is 11.4. The lowest BCUT2D eigenvalue weighted by atomic mass is 10.0. The number of benzene rings is 1. The van der Waals surface area contributed by atoms with Gasteiger partial charge in [0.1, 0.15) is 0 Å². The molecule has 4 rings (SSSR count). The first-order chi connectivity index (χ1) is 16.3. The lowest BCUT2D eigenvalue weighted by Gasteiger charge is -2.18. The number of rotatable bonds is 5.